The van der Waals surface area contributed by atoms with Gasteiger partial charge in [-0.3, -0.25) is 4.79 Å². The first-order chi connectivity index (χ1) is 10.1. The number of benzene rings is 1. The molecule has 1 aliphatic heterocycles. The largest absolute Gasteiger partial charge is 0.341 e. The van der Waals surface area contributed by atoms with Crippen molar-refractivity contribution in [2.45, 2.75) is 51.5 Å². The van der Waals surface area contributed by atoms with Gasteiger partial charge in [0.05, 0.1) is 0 Å². The van der Waals surface area contributed by atoms with E-state index in [4.69, 9.17) is 5.73 Å². The van der Waals surface area contributed by atoms with Crippen LogP contribution in [0.4, 0.5) is 0 Å². The Morgan fingerprint density at radius 2 is 2.00 bits per heavy atom. The number of likely N-dealkylation sites (tertiary alicyclic amines) is 1. The van der Waals surface area contributed by atoms with Crippen molar-refractivity contribution in [2.75, 3.05) is 13.1 Å². The second-order valence-electron chi connectivity index (χ2n) is 6.45. The molecule has 0 bridgehead atoms. The van der Waals surface area contributed by atoms with E-state index < -0.39 is 5.54 Å². The minimum Gasteiger partial charge on any atom is -0.341 e. The molecule has 21 heavy (non-hydrogen) atoms. The normalized spacial score (nSPS) is 22.4. The standard InChI is InChI=1S/C18H28N2O/c1-3-8-15-9-7-13-20(14-12-15)17(21)18(2,19)16-10-5-4-6-11-16/h4-6,10-11,15H,3,7-9,12-14,19H2,1-2H3. The Balaban J connectivity index is 2.05. The number of nitrogens with two attached hydrogens (primary N) is 1. The average Bonchev–Trinajstić information content (AvgIpc) is 2.73. The maximum absolute atomic E-state index is 12.8. The van der Waals surface area contributed by atoms with Gasteiger partial charge in [-0.2, -0.15) is 0 Å². The van der Waals surface area contributed by atoms with Crippen LogP contribution in [0.3, 0.4) is 0 Å². The fourth-order valence-electron chi connectivity index (χ4n) is 3.30. The van der Waals surface area contributed by atoms with Crippen LogP contribution in [0.15, 0.2) is 30.3 Å². The highest BCUT2D eigenvalue weighted by molar-refractivity contribution is 5.87. The van der Waals surface area contributed by atoms with Gasteiger partial charge < -0.3 is 10.6 Å². The summed E-state index contributed by atoms with van der Waals surface area (Å²) in [6, 6.07) is 9.71. The molecule has 0 aliphatic carbocycles. The van der Waals surface area contributed by atoms with Crippen LogP contribution in [-0.2, 0) is 10.3 Å². The van der Waals surface area contributed by atoms with E-state index in [1.807, 2.05) is 42.2 Å². The van der Waals surface area contributed by atoms with Gasteiger partial charge in [-0.25, -0.2) is 0 Å². The van der Waals surface area contributed by atoms with Crippen molar-refractivity contribution < 1.29 is 4.79 Å². The molecule has 0 saturated carbocycles. The van der Waals surface area contributed by atoms with Gasteiger partial charge in [0, 0.05) is 13.1 Å². The first kappa shape index (κ1) is 16.0. The van der Waals surface area contributed by atoms with Crippen molar-refractivity contribution in [3.63, 3.8) is 0 Å². The van der Waals surface area contributed by atoms with E-state index in [0.717, 1.165) is 37.4 Å². The summed E-state index contributed by atoms with van der Waals surface area (Å²) in [5, 5.41) is 0. The summed E-state index contributed by atoms with van der Waals surface area (Å²) < 4.78 is 0. The molecule has 3 nitrogen and oxygen atoms in total. The Bertz CT molecular complexity index is 456. The molecule has 2 N–H and O–H groups in total. The van der Waals surface area contributed by atoms with Gasteiger partial charge >= 0.3 is 0 Å². The van der Waals surface area contributed by atoms with E-state index in [1.165, 1.54) is 19.3 Å². The Hall–Kier alpha value is -1.35. The van der Waals surface area contributed by atoms with Crippen molar-refractivity contribution in [1.82, 2.24) is 4.90 Å². The second-order valence-corrected chi connectivity index (χ2v) is 6.45. The van der Waals surface area contributed by atoms with Crippen LogP contribution < -0.4 is 5.73 Å². The van der Waals surface area contributed by atoms with Crippen LogP contribution in [0.1, 0.15) is 51.5 Å². The van der Waals surface area contributed by atoms with E-state index in [2.05, 4.69) is 6.92 Å². The van der Waals surface area contributed by atoms with Gasteiger partial charge in [0.25, 0.3) is 0 Å². The van der Waals surface area contributed by atoms with Gasteiger partial charge in [-0.1, -0.05) is 50.1 Å². The van der Waals surface area contributed by atoms with Crippen LogP contribution in [0.2, 0.25) is 0 Å². The molecule has 1 aromatic carbocycles. The maximum atomic E-state index is 12.8. The molecule has 116 valence electrons. The van der Waals surface area contributed by atoms with Crippen molar-refractivity contribution in [2.24, 2.45) is 11.7 Å². The van der Waals surface area contributed by atoms with Crippen LogP contribution in [0.25, 0.3) is 0 Å². The van der Waals surface area contributed by atoms with Gasteiger partial charge in [-0.05, 0) is 37.7 Å². The lowest BCUT2D eigenvalue weighted by Crippen LogP contribution is -2.51. The molecule has 1 heterocycles. The van der Waals surface area contributed by atoms with Gasteiger partial charge in [0.1, 0.15) is 5.54 Å². The summed E-state index contributed by atoms with van der Waals surface area (Å²) in [7, 11) is 0. The van der Waals surface area contributed by atoms with Crippen molar-refractivity contribution >= 4 is 5.91 Å². The fourth-order valence-corrected chi connectivity index (χ4v) is 3.30. The van der Waals surface area contributed by atoms with E-state index in [0.29, 0.717) is 0 Å². The highest BCUT2D eigenvalue weighted by Crippen LogP contribution is 2.26. The molecule has 1 aromatic rings. The smallest absolute Gasteiger partial charge is 0.246 e. The van der Waals surface area contributed by atoms with E-state index in [9.17, 15) is 4.79 Å². The van der Waals surface area contributed by atoms with Gasteiger partial charge in [-0.15, -0.1) is 0 Å². The van der Waals surface area contributed by atoms with E-state index in [1.54, 1.807) is 0 Å². The van der Waals surface area contributed by atoms with Crippen LogP contribution in [-0.4, -0.2) is 23.9 Å². The summed E-state index contributed by atoms with van der Waals surface area (Å²) in [5.74, 6) is 0.833. The number of carbonyl (C=O) groups is 1. The lowest BCUT2D eigenvalue weighted by molar-refractivity contribution is -0.136. The summed E-state index contributed by atoms with van der Waals surface area (Å²) in [6.07, 6.45) is 5.97. The molecule has 2 unspecified atom stereocenters. The van der Waals surface area contributed by atoms with Gasteiger partial charge in [0.2, 0.25) is 5.91 Å². The monoisotopic (exact) mass is 288 g/mol. The maximum Gasteiger partial charge on any atom is 0.246 e. The molecular formula is C18H28N2O. The van der Waals surface area contributed by atoms with Crippen LogP contribution in [0, 0.1) is 5.92 Å². The number of carbonyl (C=O) groups excluding carboxylic acids is 1. The first-order valence-corrected chi connectivity index (χ1v) is 8.19. The molecule has 2 rings (SSSR count). The minimum atomic E-state index is -0.925. The molecule has 1 aliphatic rings. The third-order valence-corrected chi connectivity index (χ3v) is 4.65. The molecule has 0 spiro atoms. The predicted molar refractivity (Wildman–Crippen MR) is 86.8 cm³/mol. The lowest BCUT2D eigenvalue weighted by atomic mass is 9.91. The molecule has 1 saturated heterocycles. The SMILES string of the molecule is CCCC1CCCN(C(=O)C(C)(N)c2ccccc2)CC1. The Labute approximate surface area is 128 Å². The van der Waals surface area contributed by atoms with Crippen LogP contribution >= 0.6 is 0 Å². The second kappa shape index (κ2) is 7.08. The molecule has 0 radical (unpaired) electrons. The first-order valence-electron chi connectivity index (χ1n) is 8.19. The summed E-state index contributed by atoms with van der Waals surface area (Å²) in [4.78, 5) is 14.8. The topological polar surface area (TPSA) is 46.3 Å². The predicted octanol–water partition coefficient (Wildman–Crippen LogP) is 3.29. The van der Waals surface area contributed by atoms with E-state index in [-0.39, 0.29) is 5.91 Å². The number of rotatable bonds is 4. The third-order valence-electron chi connectivity index (χ3n) is 4.65. The van der Waals surface area contributed by atoms with E-state index >= 15 is 0 Å². The number of nitrogens with zero attached hydrogens (tertiary/aromatic N) is 1. The summed E-state index contributed by atoms with van der Waals surface area (Å²) in [5.41, 5.74) is 6.33. The number of amides is 1. The molecule has 0 aromatic heterocycles. The summed E-state index contributed by atoms with van der Waals surface area (Å²) in [6.45, 7) is 5.76. The van der Waals surface area contributed by atoms with Crippen LogP contribution in [0.5, 0.6) is 0 Å². The Morgan fingerprint density at radius 1 is 1.29 bits per heavy atom. The minimum absolute atomic E-state index is 0.0610. The van der Waals surface area contributed by atoms with Gasteiger partial charge in [0.15, 0.2) is 0 Å². The Morgan fingerprint density at radius 3 is 2.67 bits per heavy atom. The van der Waals surface area contributed by atoms with Crippen molar-refractivity contribution in [1.29, 1.82) is 0 Å². The third kappa shape index (κ3) is 3.85. The Kier molecular flexibility index (Phi) is 5.40. The molecule has 1 amide bonds. The zero-order valence-corrected chi connectivity index (χ0v) is 13.3. The molecule has 2 atom stereocenters. The quantitative estimate of drug-likeness (QED) is 0.924. The van der Waals surface area contributed by atoms with Crippen molar-refractivity contribution in [3.8, 4) is 0 Å². The lowest BCUT2D eigenvalue weighted by Gasteiger charge is -2.31. The number of hydrogen-bond donors (Lipinski definition) is 1. The average molecular weight is 288 g/mol. The fraction of sp³-hybridized carbons (Fsp3) is 0.611. The molecule has 3 heteroatoms. The highest BCUT2D eigenvalue weighted by Gasteiger charge is 2.35. The zero-order chi connectivity index (χ0) is 15.3. The van der Waals surface area contributed by atoms with Crippen molar-refractivity contribution in [3.05, 3.63) is 35.9 Å². The highest BCUT2D eigenvalue weighted by atomic mass is 16.2. The zero-order valence-electron chi connectivity index (χ0n) is 13.3. The molecule has 1 fully saturated rings. The summed E-state index contributed by atoms with van der Waals surface area (Å²) >= 11 is 0. The number of hydrogen-bond acceptors (Lipinski definition) is 2. The molecular weight excluding hydrogens is 260 g/mol.